The summed E-state index contributed by atoms with van der Waals surface area (Å²) in [6, 6.07) is 0. The van der Waals surface area contributed by atoms with Crippen molar-refractivity contribution in [1.29, 1.82) is 0 Å². The summed E-state index contributed by atoms with van der Waals surface area (Å²) in [7, 11) is 0. The van der Waals surface area contributed by atoms with Crippen LogP contribution in [0.2, 0.25) is 0 Å². The van der Waals surface area contributed by atoms with Crippen LogP contribution in [0, 0.1) is 0 Å². The van der Waals surface area contributed by atoms with E-state index >= 15 is 0 Å². The van der Waals surface area contributed by atoms with Crippen LogP contribution < -0.4 is 11.2 Å². The molecule has 2 N–H and O–H groups in total. The van der Waals surface area contributed by atoms with E-state index in [0.29, 0.717) is 12.0 Å². The summed E-state index contributed by atoms with van der Waals surface area (Å²) < 4.78 is 1.31. The lowest BCUT2D eigenvalue weighted by Gasteiger charge is -2.08. The van der Waals surface area contributed by atoms with Crippen molar-refractivity contribution in [3.05, 3.63) is 32.6 Å². The van der Waals surface area contributed by atoms with Crippen LogP contribution in [-0.4, -0.2) is 20.8 Å². The zero-order chi connectivity index (χ0) is 10.7. The number of nitrogens with one attached hydrogen (secondary N) is 1. The lowest BCUT2D eigenvalue weighted by atomic mass is 10.2. The minimum absolute atomic E-state index is 0.197. The van der Waals surface area contributed by atoms with Crippen molar-refractivity contribution in [2.24, 2.45) is 0 Å². The van der Waals surface area contributed by atoms with Gasteiger partial charge < -0.3 is 5.11 Å². The lowest BCUT2D eigenvalue weighted by molar-refractivity contribution is 0.171. The highest BCUT2D eigenvalue weighted by atomic mass is 16.3. The van der Waals surface area contributed by atoms with Crippen molar-refractivity contribution in [1.82, 2.24) is 9.55 Å². The summed E-state index contributed by atoms with van der Waals surface area (Å²) in [6.45, 7) is 3.62. The van der Waals surface area contributed by atoms with Crippen molar-refractivity contribution in [2.45, 2.75) is 32.9 Å². The van der Waals surface area contributed by atoms with E-state index in [1.165, 1.54) is 10.8 Å². The molecule has 0 spiro atoms. The van der Waals surface area contributed by atoms with Gasteiger partial charge in [-0.1, -0.05) is 6.92 Å². The van der Waals surface area contributed by atoms with E-state index in [2.05, 4.69) is 4.98 Å². The maximum Gasteiger partial charge on any atom is 0.328 e. The third-order valence-electron chi connectivity index (χ3n) is 1.93. The number of aliphatic hydroxyl groups is 1. The summed E-state index contributed by atoms with van der Waals surface area (Å²) >= 11 is 0. The topological polar surface area (TPSA) is 75.1 Å². The van der Waals surface area contributed by atoms with Crippen molar-refractivity contribution in [3.8, 4) is 0 Å². The van der Waals surface area contributed by atoms with Crippen molar-refractivity contribution in [2.75, 3.05) is 0 Å². The fraction of sp³-hybridized carbons (Fsp3) is 0.556. The second-order valence-electron chi connectivity index (χ2n) is 3.27. The second kappa shape index (κ2) is 4.23. The Morgan fingerprint density at radius 2 is 2.21 bits per heavy atom. The van der Waals surface area contributed by atoms with Crippen LogP contribution in [0.15, 0.2) is 15.8 Å². The molecule has 0 aromatic carbocycles. The van der Waals surface area contributed by atoms with Gasteiger partial charge in [-0.25, -0.2) is 4.79 Å². The van der Waals surface area contributed by atoms with Crippen molar-refractivity contribution in [3.63, 3.8) is 0 Å². The number of H-pyrrole nitrogens is 1. The third kappa shape index (κ3) is 2.32. The SMILES string of the molecule is CCc1cn(CC(C)O)c(=O)[nH]c1=O. The molecule has 0 saturated heterocycles. The number of hydrogen-bond donors (Lipinski definition) is 2. The van der Waals surface area contributed by atoms with Gasteiger partial charge in [0.15, 0.2) is 0 Å². The van der Waals surface area contributed by atoms with Crippen LogP contribution in [0.25, 0.3) is 0 Å². The molecule has 1 rings (SSSR count). The zero-order valence-corrected chi connectivity index (χ0v) is 8.28. The molecule has 0 fully saturated rings. The van der Waals surface area contributed by atoms with Crippen LogP contribution in [0.1, 0.15) is 19.4 Å². The van der Waals surface area contributed by atoms with Gasteiger partial charge in [-0.2, -0.15) is 0 Å². The molecule has 0 aliphatic carbocycles. The molecule has 0 bridgehead atoms. The normalized spacial score (nSPS) is 12.8. The largest absolute Gasteiger partial charge is 0.392 e. The van der Waals surface area contributed by atoms with Gasteiger partial charge in [-0.3, -0.25) is 14.3 Å². The van der Waals surface area contributed by atoms with E-state index in [4.69, 9.17) is 5.11 Å². The van der Waals surface area contributed by atoms with E-state index in [1.807, 2.05) is 6.92 Å². The molecule has 5 nitrogen and oxygen atoms in total. The number of aromatic nitrogens is 2. The molecular weight excluding hydrogens is 184 g/mol. The summed E-state index contributed by atoms with van der Waals surface area (Å²) in [5, 5.41) is 9.11. The predicted molar refractivity (Wildman–Crippen MR) is 52.4 cm³/mol. The van der Waals surface area contributed by atoms with Gasteiger partial charge in [-0.15, -0.1) is 0 Å². The van der Waals surface area contributed by atoms with E-state index in [-0.39, 0.29) is 12.1 Å². The molecule has 0 radical (unpaired) electrons. The molecule has 0 saturated carbocycles. The van der Waals surface area contributed by atoms with Gasteiger partial charge in [0.05, 0.1) is 12.6 Å². The Morgan fingerprint density at radius 1 is 1.57 bits per heavy atom. The molecule has 1 heterocycles. The Hall–Kier alpha value is -1.36. The first-order valence-corrected chi connectivity index (χ1v) is 4.55. The number of aromatic amines is 1. The first-order chi connectivity index (χ1) is 6.54. The van der Waals surface area contributed by atoms with Crippen LogP contribution in [0.4, 0.5) is 0 Å². The Kier molecular flexibility index (Phi) is 3.24. The fourth-order valence-electron chi connectivity index (χ4n) is 1.23. The van der Waals surface area contributed by atoms with Gasteiger partial charge in [0.1, 0.15) is 0 Å². The average molecular weight is 198 g/mol. The molecule has 0 amide bonds. The van der Waals surface area contributed by atoms with Gasteiger partial charge in [0.2, 0.25) is 0 Å². The van der Waals surface area contributed by atoms with Crippen LogP contribution in [0.5, 0.6) is 0 Å². The summed E-state index contributed by atoms with van der Waals surface area (Å²) in [5.74, 6) is 0. The Balaban J connectivity index is 3.18. The highest BCUT2D eigenvalue weighted by molar-refractivity contribution is 5.03. The van der Waals surface area contributed by atoms with Gasteiger partial charge in [0.25, 0.3) is 5.56 Å². The minimum atomic E-state index is -0.608. The van der Waals surface area contributed by atoms with E-state index < -0.39 is 11.8 Å². The molecule has 0 aliphatic rings. The molecule has 0 aliphatic heterocycles. The maximum atomic E-state index is 11.2. The monoisotopic (exact) mass is 198 g/mol. The molecule has 1 atom stereocenters. The van der Waals surface area contributed by atoms with E-state index in [1.54, 1.807) is 6.92 Å². The first kappa shape index (κ1) is 10.7. The quantitative estimate of drug-likeness (QED) is 0.686. The Bertz CT molecular complexity index is 417. The number of hydrogen-bond acceptors (Lipinski definition) is 3. The Labute approximate surface area is 81.0 Å². The molecule has 1 aromatic heterocycles. The number of rotatable bonds is 3. The number of aliphatic hydroxyl groups excluding tert-OH is 1. The minimum Gasteiger partial charge on any atom is -0.392 e. The third-order valence-corrected chi connectivity index (χ3v) is 1.93. The van der Waals surface area contributed by atoms with Gasteiger partial charge >= 0.3 is 5.69 Å². The molecule has 78 valence electrons. The summed E-state index contributed by atoms with van der Waals surface area (Å²) in [4.78, 5) is 24.6. The summed E-state index contributed by atoms with van der Waals surface area (Å²) in [6.07, 6.45) is 1.45. The molecule has 1 unspecified atom stereocenters. The Morgan fingerprint density at radius 3 is 2.71 bits per heavy atom. The molecular formula is C9H14N2O3. The molecule has 1 aromatic rings. The van der Waals surface area contributed by atoms with Crippen LogP contribution in [0.3, 0.4) is 0 Å². The second-order valence-corrected chi connectivity index (χ2v) is 3.27. The maximum absolute atomic E-state index is 11.2. The number of aryl methyl sites for hydroxylation is 1. The van der Waals surface area contributed by atoms with Crippen LogP contribution >= 0.6 is 0 Å². The average Bonchev–Trinajstić information content (AvgIpc) is 2.09. The van der Waals surface area contributed by atoms with Gasteiger partial charge in [-0.05, 0) is 13.3 Å². The highest BCUT2D eigenvalue weighted by Gasteiger charge is 2.04. The van der Waals surface area contributed by atoms with Gasteiger partial charge in [0, 0.05) is 11.8 Å². The smallest absolute Gasteiger partial charge is 0.328 e. The first-order valence-electron chi connectivity index (χ1n) is 4.55. The van der Waals surface area contributed by atoms with Crippen molar-refractivity contribution < 1.29 is 5.11 Å². The lowest BCUT2D eigenvalue weighted by Crippen LogP contribution is -2.33. The van der Waals surface area contributed by atoms with E-state index in [0.717, 1.165) is 0 Å². The zero-order valence-electron chi connectivity index (χ0n) is 8.28. The fourth-order valence-corrected chi connectivity index (χ4v) is 1.23. The highest BCUT2D eigenvalue weighted by Crippen LogP contribution is 1.91. The summed E-state index contributed by atoms with van der Waals surface area (Å²) in [5.41, 5.74) is -0.280. The molecule has 14 heavy (non-hydrogen) atoms. The predicted octanol–water partition coefficient (Wildman–Crippen LogP) is -0.520. The van der Waals surface area contributed by atoms with Crippen LogP contribution in [-0.2, 0) is 13.0 Å². The van der Waals surface area contributed by atoms with Crippen molar-refractivity contribution >= 4 is 0 Å². The number of nitrogens with zero attached hydrogens (tertiary/aromatic N) is 1. The molecule has 5 heteroatoms. The standard InChI is InChI=1S/C9H14N2O3/c1-3-7-5-11(4-6(2)12)9(14)10-8(7)13/h5-6,12H,3-4H2,1-2H3,(H,10,13,14). The van der Waals surface area contributed by atoms with E-state index in [9.17, 15) is 9.59 Å².